The summed E-state index contributed by atoms with van der Waals surface area (Å²) in [6, 6.07) is 7.55. The van der Waals surface area contributed by atoms with Crippen molar-refractivity contribution in [3.05, 3.63) is 47.9 Å². The van der Waals surface area contributed by atoms with Crippen molar-refractivity contribution in [1.29, 1.82) is 0 Å². The molecule has 0 saturated carbocycles. The molecule has 1 saturated heterocycles. The van der Waals surface area contributed by atoms with E-state index < -0.39 is 0 Å². The molecule has 1 aliphatic carbocycles. The van der Waals surface area contributed by atoms with E-state index in [-0.39, 0.29) is 18.8 Å². The Balaban J connectivity index is 1.35. The maximum Gasteiger partial charge on any atom is 0.414 e. The van der Waals surface area contributed by atoms with Gasteiger partial charge in [-0.3, -0.25) is 4.90 Å². The molecule has 1 aromatic carbocycles. The number of aromatic nitrogens is 2. The predicted octanol–water partition coefficient (Wildman–Crippen LogP) is 3.22. The first kappa shape index (κ1) is 15.9. The summed E-state index contributed by atoms with van der Waals surface area (Å²) < 4.78 is 21.1. The smallest absolute Gasteiger partial charge is 0.414 e. The van der Waals surface area contributed by atoms with Crippen LogP contribution in [0.15, 0.2) is 45.8 Å². The van der Waals surface area contributed by atoms with Crippen LogP contribution in [0.3, 0.4) is 0 Å². The Morgan fingerprint density at radius 2 is 2.15 bits per heavy atom. The van der Waals surface area contributed by atoms with Crippen molar-refractivity contribution >= 4 is 11.8 Å². The molecule has 2 aromatic heterocycles. The summed E-state index contributed by atoms with van der Waals surface area (Å²) in [5.41, 5.74) is 4.14. The summed E-state index contributed by atoms with van der Waals surface area (Å²) in [4.78, 5) is 14.0. The molecule has 8 heteroatoms. The minimum atomic E-state index is -0.377. The highest BCUT2D eigenvalue weighted by molar-refractivity contribution is 5.90. The number of fused-ring (bicyclic) bond motifs is 3. The largest absolute Gasteiger partial charge is 0.471 e. The van der Waals surface area contributed by atoms with Crippen LogP contribution in [0.25, 0.3) is 11.3 Å². The van der Waals surface area contributed by atoms with Crippen LogP contribution in [0, 0.1) is 0 Å². The number of anilines is 1. The summed E-state index contributed by atoms with van der Waals surface area (Å²) in [7, 11) is 0. The first-order valence-electron chi connectivity index (χ1n) is 8.86. The maximum atomic E-state index is 12.3. The molecular formula is C19H17N3O5. The van der Waals surface area contributed by atoms with Gasteiger partial charge in [0.1, 0.15) is 12.9 Å². The van der Waals surface area contributed by atoms with Crippen LogP contribution in [-0.2, 0) is 17.6 Å². The molecule has 1 fully saturated rings. The van der Waals surface area contributed by atoms with E-state index in [1.54, 1.807) is 17.2 Å². The average molecular weight is 367 g/mol. The SMILES string of the molecule is O=C1O[C@@H](COc2ccon2)CN1c1ccc2c(c1)CCCc1cnoc1-2. The quantitative estimate of drug-likeness (QED) is 0.699. The molecule has 27 heavy (non-hydrogen) atoms. The third-order valence-electron chi connectivity index (χ3n) is 4.89. The van der Waals surface area contributed by atoms with Crippen molar-refractivity contribution in [2.75, 3.05) is 18.1 Å². The molecule has 0 radical (unpaired) electrons. The molecular weight excluding hydrogens is 350 g/mol. The van der Waals surface area contributed by atoms with Gasteiger partial charge in [0.2, 0.25) is 0 Å². The molecule has 2 aliphatic rings. The molecule has 1 amide bonds. The Morgan fingerprint density at radius 1 is 1.22 bits per heavy atom. The van der Waals surface area contributed by atoms with E-state index in [2.05, 4.69) is 10.3 Å². The van der Waals surface area contributed by atoms with Crippen LogP contribution in [0.2, 0.25) is 0 Å². The molecule has 8 nitrogen and oxygen atoms in total. The number of benzene rings is 1. The molecule has 3 aromatic rings. The summed E-state index contributed by atoms with van der Waals surface area (Å²) >= 11 is 0. The van der Waals surface area contributed by atoms with Gasteiger partial charge in [-0.2, -0.15) is 0 Å². The third kappa shape index (κ3) is 2.92. The van der Waals surface area contributed by atoms with Crippen LogP contribution in [0.1, 0.15) is 17.5 Å². The second kappa shape index (κ2) is 6.46. The summed E-state index contributed by atoms with van der Waals surface area (Å²) in [5, 5.41) is 7.60. The maximum absolute atomic E-state index is 12.3. The van der Waals surface area contributed by atoms with Crippen LogP contribution in [0.4, 0.5) is 10.5 Å². The molecule has 138 valence electrons. The lowest BCUT2D eigenvalue weighted by Crippen LogP contribution is -2.26. The average Bonchev–Trinajstić information content (AvgIpc) is 3.40. The number of rotatable bonds is 4. The van der Waals surface area contributed by atoms with E-state index in [0.29, 0.717) is 12.4 Å². The number of hydrogen-bond acceptors (Lipinski definition) is 7. The van der Waals surface area contributed by atoms with E-state index >= 15 is 0 Å². The van der Waals surface area contributed by atoms with Gasteiger partial charge in [-0.25, -0.2) is 4.79 Å². The Labute approximate surface area is 154 Å². The lowest BCUT2D eigenvalue weighted by molar-refractivity contribution is 0.102. The number of ether oxygens (including phenoxy) is 2. The molecule has 3 heterocycles. The Morgan fingerprint density at radius 3 is 3.04 bits per heavy atom. The molecule has 0 bridgehead atoms. The highest BCUT2D eigenvalue weighted by atomic mass is 16.6. The van der Waals surface area contributed by atoms with Gasteiger partial charge in [0.25, 0.3) is 5.88 Å². The van der Waals surface area contributed by atoms with E-state index in [1.807, 2.05) is 18.2 Å². The summed E-state index contributed by atoms with van der Waals surface area (Å²) in [5.74, 6) is 1.20. The number of cyclic esters (lactones) is 1. The first-order chi connectivity index (χ1) is 13.3. The number of hydrogen-bond donors (Lipinski definition) is 0. The van der Waals surface area contributed by atoms with Gasteiger partial charge in [-0.1, -0.05) is 5.16 Å². The second-order valence-electron chi connectivity index (χ2n) is 6.64. The number of nitrogens with zero attached hydrogens (tertiary/aromatic N) is 3. The van der Waals surface area contributed by atoms with Crippen LogP contribution in [0.5, 0.6) is 5.88 Å². The van der Waals surface area contributed by atoms with Gasteiger partial charge < -0.3 is 18.5 Å². The van der Waals surface area contributed by atoms with Gasteiger partial charge in [-0.05, 0) is 48.2 Å². The minimum Gasteiger partial charge on any atom is -0.471 e. The second-order valence-corrected chi connectivity index (χ2v) is 6.64. The van der Waals surface area contributed by atoms with Crippen molar-refractivity contribution < 1.29 is 23.3 Å². The molecule has 1 aliphatic heterocycles. The normalized spacial score (nSPS) is 18.6. The van der Waals surface area contributed by atoms with Crippen molar-refractivity contribution in [2.45, 2.75) is 25.4 Å². The standard InChI is InChI=1S/C19H17N3O5/c23-19-22(10-15(26-19)11-24-17-6-7-25-21-17)14-4-5-16-12(8-14)2-1-3-13-9-20-27-18(13)16/h4-9,15H,1-3,10-11H2/t15-/m1/s1. The number of carbonyl (C=O) groups excluding carboxylic acids is 1. The van der Waals surface area contributed by atoms with Crippen LogP contribution >= 0.6 is 0 Å². The Bertz CT molecular complexity index is 966. The topological polar surface area (TPSA) is 90.8 Å². The highest BCUT2D eigenvalue weighted by Crippen LogP contribution is 2.35. The molecule has 5 rings (SSSR count). The van der Waals surface area contributed by atoms with E-state index in [0.717, 1.165) is 47.4 Å². The van der Waals surface area contributed by atoms with Gasteiger partial charge >= 0.3 is 6.09 Å². The van der Waals surface area contributed by atoms with Crippen LogP contribution in [-0.4, -0.2) is 35.7 Å². The van der Waals surface area contributed by atoms with Gasteiger partial charge in [-0.15, -0.1) is 0 Å². The lowest BCUT2D eigenvalue weighted by atomic mass is 10.0. The Kier molecular flexibility index (Phi) is 3.81. The third-order valence-corrected chi connectivity index (χ3v) is 4.89. The van der Waals surface area contributed by atoms with Gasteiger partial charge in [0.05, 0.1) is 12.7 Å². The lowest BCUT2D eigenvalue weighted by Gasteiger charge is -2.15. The van der Waals surface area contributed by atoms with E-state index in [1.165, 1.54) is 6.26 Å². The Hall–Kier alpha value is -3.29. The molecule has 0 unspecified atom stereocenters. The zero-order valence-electron chi connectivity index (χ0n) is 14.5. The number of amides is 1. The van der Waals surface area contributed by atoms with E-state index in [9.17, 15) is 4.79 Å². The fourth-order valence-electron chi connectivity index (χ4n) is 3.58. The predicted molar refractivity (Wildman–Crippen MR) is 93.6 cm³/mol. The zero-order valence-corrected chi connectivity index (χ0v) is 14.5. The van der Waals surface area contributed by atoms with Crippen molar-refractivity contribution in [1.82, 2.24) is 10.3 Å². The van der Waals surface area contributed by atoms with Crippen molar-refractivity contribution in [3.8, 4) is 17.2 Å². The minimum absolute atomic E-state index is 0.223. The highest BCUT2D eigenvalue weighted by Gasteiger charge is 2.33. The van der Waals surface area contributed by atoms with Crippen LogP contribution < -0.4 is 9.64 Å². The fourth-order valence-corrected chi connectivity index (χ4v) is 3.58. The molecule has 0 spiro atoms. The van der Waals surface area contributed by atoms with E-state index in [4.69, 9.17) is 18.5 Å². The number of carbonyl (C=O) groups is 1. The van der Waals surface area contributed by atoms with Gasteiger partial charge in [0.15, 0.2) is 11.9 Å². The van der Waals surface area contributed by atoms with Crippen molar-refractivity contribution in [2.24, 2.45) is 0 Å². The first-order valence-corrected chi connectivity index (χ1v) is 8.86. The fraction of sp³-hybridized carbons (Fsp3) is 0.316. The molecule has 0 N–H and O–H groups in total. The summed E-state index contributed by atoms with van der Waals surface area (Å²) in [6.07, 6.45) is 5.36. The molecule has 1 atom stereocenters. The number of aryl methyl sites for hydroxylation is 2. The van der Waals surface area contributed by atoms with Crippen molar-refractivity contribution in [3.63, 3.8) is 0 Å². The monoisotopic (exact) mass is 367 g/mol. The van der Waals surface area contributed by atoms with Gasteiger partial charge in [0, 0.05) is 22.9 Å². The zero-order chi connectivity index (χ0) is 18.2. The summed E-state index contributed by atoms with van der Waals surface area (Å²) in [6.45, 7) is 0.643.